The number of halogens is 1. The first-order valence-electron chi connectivity index (χ1n) is 8.25. The highest BCUT2D eigenvalue weighted by molar-refractivity contribution is 5.58. The summed E-state index contributed by atoms with van der Waals surface area (Å²) in [4.78, 5) is 21.1. The number of anilines is 1. The van der Waals surface area contributed by atoms with Gasteiger partial charge in [-0.25, -0.2) is 9.37 Å². The summed E-state index contributed by atoms with van der Waals surface area (Å²) in [6.45, 7) is 0.206. The topological polar surface area (TPSA) is 84.3 Å². The molecule has 2 aromatic carbocycles. The minimum absolute atomic E-state index is 0.206. The molecule has 27 heavy (non-hydrogen) atoms. The Morgan fingerprint density at radius 2 is 1.93 bits per heavy atom. The number of aromatic amines is 1. The zero-order valence-electron chi connectivity index (χ0n) is 14.4. The lowest BCUT2D eigenvalue weighted by atomic mass is 10.2. The largest absolute Gasteiger partial charge is 0.497 e. The quantitative estimate of drug-likeness (QED) is 0.568. The third-order valence-electron chi connectivity index (χ3n) is 4.08. The molecule has 8 heteroatoms. The number of nitrogens with zero attached hydrogens (tertiary/aromatic N) is 3. The van der Waals surface area contributed by atoms with E-state index in [0.29, 0.717) is 17.2 Å². The number of hydrogen-bond donors (Lipinski definition) is 2. The van der Waals surface area contributed by atoms with Crippen LogP contribution in [0.4, 0.5) is 10.1 Å². The Bertz CT molecular complexity index is 1150. The summed E-state index contributed by atoms with van der Waals surface area (Å²) in [6, 6.07) is 15.0. The molecule has 136 valence electrons. The summed E-state index contributed by atoms with van der Waals surface area (Å²) >= 11 is 0. The Balaban J connectivity index is 1.63. The number of para-hydroxylation sites is 1. The van der Waals surface area contributed by atoms with Crippen LogP contribution in [0, 0.1) is 5.82 Å². The van der Waals surface area contributed by atoms with Crippen molar-refractivity contribution in [2.45, 2.75) is 6.54 Å². The molecule has 2 heterocycles. The molecule has 0 saturated carbocycles. The van der Waals surface area contributed by atoms with Gasteiger partial charge in [0, 0.05) is 11.6 Å². The lowest BCUT2D eigenvalue weighted by Gasteiger charge is -2.06. The van der Waals surface area contributed by atoms with Crippen LogP contribution in [-0.4, -0.2) is 26.7 Å². The number of aromatic nitrogens is 4. The molecule has 7 nitrogen and oxygen atoms in total. The van der Waals surface area contributed by atoms with Gasteiger partial charge in [-0.1, -0.05) is 12.1 Å². The molecule has 0 aliphatic heterocycles. The maximum absolute atomic E-state index is 13.7. The summed E-state index contributed by atoms with van der Waals surface area (Å²) in [5.74, 6) is 1.13. The fourth-order valence-corrected chi connectivity index (χ4v) is 2.69. The first-order valence-corrected chi connectivity index (χ1v) is 8.25. The molecule has 4 aromatic rings. The van der Waals surface area contributed by atoms with Crippen LogP contribution in [-0.2, 0) is 6.54 Å². The average Bonchev–Trinajstić information content (AvgIpc) is 3.12. The van der Waals surface area contributed by atoms with Gasteiger partial charge in [0.25, 0.3) is 11.3 Å². The van der Waals surface area contributed by atoms with Crippen LogP contribution in [0.25, 0.3) is 17.2 Å². The van der Waals surface area contributed by atoms with Crippen molar-refractivity contribution in [2.24, 2.45) is 0 Å². The van der Waals surface area contributed by atoms with Crippen LogP contribution in [0.3, 0.4) is 0 Å². The predicted molar refractivity (Wildman–Crippen MR) is 99.3 cm³/mol. The van der Waals surface area contributed by atoms with E-state index in [1.165, 1.54) is 16.6 Å². The van der Waals surface area contributed by atoms with Gasteiger partial charge in [0.2, 0.25) is 0 Å². The molecule has 0 fully saturated rings. The molecule has 0 bridgehead atoms. The van der Waals surface area contributed by atoms with Gasteiger partial charge in [0.05, 0.1) is 25.0 Å². The van der Waals surface area contributed by atoms with Crippen LogP contribution in [0.2, 0.25) is 0 Å². The number of hydrogen-bond acceptors (Lipinski definition) is 5. The zero-order chi connectivity index (χ0) is 18.8. The van der Waals surface area contributed by atoms with Gasteiger partial charge in [-0.3, -0.25) is 9.89 Å². The van der Waals surface area contributed by atoms with Crippen molar-refractivity contribution >= 4 is 11.5 Å². The van der Waals surface area contributed by atoms with Gasteiger partial charge < -0.3 is 10.1 Å². The van der Waals surface area contributed by atoms with Crippen molar-refractivity contribution in [1.82, 2.24) is 19.6 Å². The summed E-state index contributed by atoms with van der Waals surface area (Å²) in [6.07, 6.45) is 0. The first kappa shape index (κ1) is 16.8. The Kier molecular flexibility index (Phi) is 4.29. The molecule has 0 spiro atoms. The van der Waals surface area contributed by atoms with E-state index in [4.69, 9.17) is 4.74 Å². The molecule has 0 radical (unpaired) electrons. The zero-order valence-corrected chi connectivity index (χ0v) is 14.4. The normalized spacial score (nSPS) is 10.9. The van der Waals surface area contributed by atoms with Crippen molar-refractivity contribution < 1.29 is 9.13 Å². The molecule has 2 N–H and O–H groups in total. The van der Waals surface area contributed by atoms with E-state index in [2.05, 4.69) is 20.4 Å². The smallest absolute Gasteiger partial charge is 0.274 e. The maximum atomic E-state index is 13.7. The molecule has 0 saturated heterocycles. The third-order valence-corrected chi connectivity index (χ3v) is 4.08. The number of fused-ring (bicyclic) bond motifs is 1. The van der Waals surface area contributed by atoms with Gasteiger partial charge in [-0.05, 0) is 36.4 Å². The standard InChI is InChI=1S/C19H16FN5O2/c1-27-14-8-6-12(7-9-14)18-23-19-22-13(10-17(26)25(19)24-18)11-21-16-5-3-2-4-15(16)20/h2-10,21H,11H2,1H3,(H,22,23,24). The van der Waals surface area contributed by atoms with E-state index < -0.39 is 0 Å². The van der Waals surface area contributed by atoms with Gasteiger partial charge in [0.15, 0.2) is 5.82 Å². The Morgan fingerprint density at radius 1 is 1.15 bits per heavy atom. The second-order valence-corrected chi connectivity index (χ2v) is 5.86. The molecule has 0 amide bonds. The van der Waals surface area contributed by atoms with E-state index in [0.717, 1.165) is 11.3 Å². The van der Waals surface area contributed by atoms with E-state index >= 15 is 0 Å². The number of rotatable bonds is 5. The molecular weight excluding hydrogens is 349 g/mol. The second-order valence-electron chi connectivity index (χ2n) is 5.86. The summed E-state index contributed by atoms with van der Waals surface area (Å²) < 4.78 is 20.1. The number of H-pyrrole nitrogens is 1. The number of ether oxygens (including phenoxy) is 1. The highest BCUT2D eigenvalue weighted by Crippen LogP contribution is 2.19. The van der Waals surface area contributed by atoms with E-state index in [-0.39, 0.29) is 23.7 Å². The van der Waals surface area contributed by atoms with Crippen LogP contribution in [0.15, 0.2) is 59.4 Å². The Hall–Kier alpha value is -3.68. The lowest BCUT2D eigenvalue weighted by molar-refractivity contribution is 0.415. The minimum atomic E-state index is -0.364. The summed E-state index contributed by atoms with van der Waals surface area (Å²) in [5.41, 5.74) is 1.32. The number of benzene rings is 2. The van der Waals surface area contributed by atoms with Gasteiger partial charge in [-0.2, -0.15) is 9.50 Å². The van der Waals surface area contributed by atoms with Crippen molar-refractivity contribution in [2.75, 3.05) is 12.4 Å². The predicted octanol–water partition coefficient (Wildman–Crippen LogP) is 2.84. The molecule has 2 aromatic heterocycles. The SMILES string of the molecule is COc1ccc(-c2nc3nc(CNc4ccccc4F)cc(=O)n3[nH]2)cc1. The van der Waals surface area contributed by atoms with E-state index in [9.17, 15) is 9.18 Å². The summed E-state index contributed by atoms with van der Waals surface area (Å²) in [7, 11) is 1.59. The monoisotopic (exact) mass is 365 g/mol. The first-order chi connectivity index (χ1) is 13.1. The fraction of sp³-hybridized carbons (Fsp3) is 0.105. The lowest BCUT2D eigenvalue weighted by Crippen LogP contribution is -2.17. The Labute approximate surface area is 153 Å². The fourth-order valence-electron chi connectivity index (χ4n) is 2.69. The van der Waals surface area contributed by atoms with Crippen molar-refractivity contribution in [1.29, 1.82) is 0 Å². The van der Waals surface area contributed by atoms with Crippen LogP contribution >= 0.6 is 0 Å². The highest BCUT2D eigenvalue weighted by Gasteiger charge is 2.10. The molecule has 0 aliphatic carbocycles. The highest BCUT2D eigenvalue weighted by atomic mass is 19.1. The van der Waals surface area contributed by atoms with Gasteiger partial charge >= 0.3 is 0 Å². The van der Waals surface area contributed by atoms with E-state index in [1.807, 2.05) is 24.3 Å². The molecule has 0 unspecified atom stereocenters. The molecular formula is C19H16FN5O2. The summed E-state index contributed by atoms with van der Waals surface area (Å²) in [5, 5.41) is 5.87. The van der Waals surface area contributed by atoms with Crippen molar-refractivity contribution in [3.05, 3.63) is 76.5 Å². The van der Waals surface area contributed by atoms with Gasteiger partial charge in [0.1, 0.15) is 11.6 Å². The molecule has 0 atom stereocenters. The maximum Gasteiger partial charge on any atom is 0.274 e. The molecule has 0 aliphatic rings. The Morgan fingerprint density at radius 3 is 2.67 bits per heavy atom. The van der Waals surface area contributed by atoms with Crippen molar-refractivity contribution in [3.63, 3.8) is 0 Å². The third kappa shape index (κ3) is 3.37. The average molecular weight is 365 g/mol. The minimum Gasteiger partial charge on any atom is -0.497 e. The van der Waals surface area contributed by atoms with Crippen molar-refractivity contribution in [3.8, 4) is 17.1 Å². The van der Waals surface area contributed by atoms with Crippen LogP contribution in [0.5, 0.6) is 5.75 Å². The van der Waals surface area contributed by atoms with Crippen LogP contribution in [0.1, 0.15) is 5.69 Å². The second kappa shape index (κ2) is 6.91. The van der Waals surface area contributed by atoms with Crippen LogP contribution < -0.4 is 15.6 Å². The molecule has 4 rings (SSSR count). The number of methoxy groups -OCH3 is 1. The van der Waals surface area contributed by atoms with E-state index in [1.54, 1.807) is 25.3 Å². The number of nitrogens with one attached hydrogen (secondary N) is 2. The van der Waals surface area contributed by atoms with Gasteiger partial charge in [-0.15, -0.1) is 0 Å².